The van der Waals surface area contributed by atoms with Crippen molar-refractivity contribution in [3.63, 3.8) is 0 Å². The van der Waals surface area contributed by atoms with Crippen LogP contribution in [-0.4, -0.2) is 5.48 Å². The van der Waals surface area contributed by atoms with Crippen LogP contribution >= 0.6 is 12.4 Å². The first kappa shape index (κ1) is 38.2. The Morgan fingerprint density at radius 2 is 1.20 bits per heavy atom. The van der Waals surface area contributed by atoms with Gasteiger partial charge in [0.15, 0.2) is 0 Å². The molecule has 2 N–H and O–H groups in total. The van der Waals surface area contributed by atoms with Crippen molar-refractivity contribution in [1.29, 1.82) is 0 Å². The molecule has 0 saturated heterocycles. The van der Waals surface area contributed by atoms with Crippen LogP contribution in [0.5, 0.6) is 0 Å². The van der Waals surface area contributed by atoms with Crippen LogP contribution in [0.15, 0.2) is 0 Å². The van der Waals surface area contributed by atoms with Gasteiger partial charge in [-0.25, -0.2) is 0 Å². The summed E-state index contributed by atoms with van der Waals surface area (Å²) in [6.45, 7) is 0. The van der Waals surface area contributed by atoms with Gasteiger partial charge in [-0.15, -0.1) is 12.4 Å². The smallest absolute Gasteiger partial charge is 1.00 e. The maximum atomic E-state index is 0. The predicted molar refractivity (Wildman–Crippen MR) is 12.0 cm³/mol. The van der Waals surface area contributed by atoms with Crippen LogP contribution in [0.2, 0.25) is 0 Å². The molecule has 0 aromatic rings. The topological polar surface area (TPSA) is 31.5 Å². The summed E-state index contributed by atoms with van der Waals surface area (Å²) in [4.78, 5) is 0. The molecule has 0 amide bonds. The van der Waals surface area contributed by atoms with Gasteiger partial charge in [-0.3, -0.25) is 0 Å². The Hall–Kier alpha value is 3.62. The van der Waals surface area contributed by atoms with E-state index in [1.54, 1.807) is 0 Å². The summed E-state index contributed by atoms with van der Waals surface area (Å²) in [5, 5.41) is 0. The molecule has 0 aliphatic carbocycles. The van der Waals surface area contributed by atoms with Crippen molar-refractivity contribution in [2.75, 3.05) is 0 Å². The van der Waals surface area contributed by atoms with E-state index in [0.29, 0.717) is 0 Å². The van der Waals surface area contributed by atoms with Gasteiger partial charge in [-0.2, -0.15) is 0 Å². The largest absolute Gasteiger partial charge is 1.00 e. The molecule has 0 heterocycles. The Kier molecular flexibility index (Phi) is 195. The van der Waals surface area contributed by atoms with Gasteiger partial charge in [0.25, 0.3) is 0 Å². The van der Waals surface area contributed by atoms with E-state index in [4.69, 9.17) is 0 Å². The molecule has 0 saturated carbocycles. The van der Waals surface area contributed by atoms with E-state index in [1.807, 2.05) is 0 Å². The maximum Gasteiger partial charge on any atom is 1.00 e. The van der Waals surface area contributed by atoms with Crippen molar-refractivity contribution in [1.82, 2.24) is 0 Å². The molecule has 0 bridgehead atoms. The summed E-state index contributed by atoms with van der Waals surface area (Å²) < 4.78 is 0. The summed E-state index contributed by atoms with van der Waals surface area (Å²) in [7, 11) is 0. The van der Waals surface area contributed by atoms with Crippen LogP contribution in [0.1, 0.15) is 1.43 Å². The zero-order valence-electron chi connectivity index (χ0n) is 4.29. The van der Waals surface area contributed by atoms with Gasteiger partial charge in [0.2, 0.25) is 0 Å². The second kappa shape index (κ2) is 25.5. The van der Waals surface area contributed by atoms with Crippen molar-refractivity contribution in [2.24, 2.45) is 0 Å². The minimum absolute atomic E-state index is 0. The van der Waals surface area contributed by atoms with Gasteiger partial charge in [0.1, 0.15) is 0 Å². The minimum atomic E-state index is 0. The first-order chi connectivity index (χ1) is 0. The molecule has 0 spiro atoms. The first-order valence-corrected chi connectivity index (χ1v) is 0. The standard InChI is InChI=1S/ClH.HI.K.Na.H2O.H/h2*1H;;;1H2;/q;;2*+1;;-1/p-1. The van der Waals surface area contributed by atoms with Crippen molar-refractivity contribution in [3.8, 4) is 0 Å². The van der Waals surface area contributed by atoms with Crippen molar-refractivity contribution in [3.05, 3.63) is 0 Å². The summed E-state index contributed by atoms with van der Waals surface area (Å²) in [5.41, 5.74) is 0. The molecule has 0 rings (SSSR count). The van der Waals surface area contributed by atoms with Gasteiger partial charge < -0.3 is 30.9 Å². The normalized spacial score (nSPS) is 0. The molecular weight excluding hydrogens is 240 g/mol. The Labute approximate surface area is 121 Å². The van der Waals surface area contributed by atoms with E-state index in [-0.39, 0.29) is 124 Å². The molecule has 0 aromatic heterocycles. The predicted octanol–water partition coefficient (Wildman–Crippen LogP) is -9.28. The zero-order valence-corrected chi connectivity index (χ0v) is 11.4. The number of hydrogen-bond donors (Lipinski definition) is 0. The third-order valence-corrected chi connectivity index (χ3v) is 0. The van der Waals surface area contributed by atoms with Crippen LogP contribution in [0, 0.1) is 0 Å². The second-order valence-electron chi connectivity index (χ2n) is 0. The molecule has 1 nitrogen and oxygen atoms in total. The van der Waals surface area contributed by atoms with Gasteiger partial charge in [-0.05, 0) is 0 Å². The van der Waals surface area contributed by atoms with Crippen LogP contribution in [0.25, 0.3) is 0 Å². The van der Waals surface area contributed by atoms with Crippen LogP contribution in [0.4, 0.5) is 0 Å². The number of rotatable bonds is 0. The van der Waals surface area contributed by atoms with E-state index in [1.165, 1.54) is 0 Å². The Morgan fingerprint density at radius 3 is 1.20 bits per heavy atom. The fourth-order valence-corrected chi connectivity index (χ4v) is 0. The van der Waals surface area contributed by atoms with Gasteiger partial charge >= 0.3 is 80.9 Å². The fourth-order valence-electron chi connectivity index (χ4n) is 0. The number of halogens is 2. The second-order valence-corrected chi connectivity index (χ2v) is 0. The third-order valence-electron chi connectivity index (χ3n) is 0. The summed E-state index contributed by atoms with van der Waals surface area (Å²) in [5.74, 6) is 0. The van der Waals surface area contributed by atoms with Crippen LogP contribution < -0.4 is 105 Å². The molecule has 0 atom stereocenters. The average Bonchev–Trinajstić information content (AvgIpc) is 0. The molecule has 0 aromatic carbocycles. The van der Waals surface area contributed by atoms with Gasteiger partial charge in [0, 0.05) is 0 Å². The molecular formula is H4ClIKNaO. The third kappa shape index (κ3) is 18.4. The van der Waals surface area contributed by atoms with E-state index >= 15 is 0 Å². The molecule has 5 heavy (non-hydrogen) atoms. The average molecular weight is 244 g/mol. The van der Waals surface area contributed by atoms with Crippen LogP contribution in [0.3, 0.4) is 0 Å². The Balaban J connectivity index is 0. The molecule has 0 unspecified atom stereocenters. The summed E-state index contributed by atoms with van der Waals surface area (Å²) in [6, 6.07) is 0. The van der Waals surface area contributed by atoms with Gasteiger partial charge in [-0.1, -0.05) is 0 Å². The maximum absolute atomic E-state index is 0. The quantitative estimate of drug-likeness (QED) is 0.299. The molecule has 0 radical (unpaired) electrons. The Bertz CT molecular complexity index is 15.5. The SMILES string of the molecule is Cl.O.[H-].[I-].[K+].[Na+]. The molecule has 26 valence electrons. The van der Waals surface area contributed by atoms with E-state index in [0.717, 1.165) is 0 Å². The van der Waals surface area contributed by atoms with Crippen molar-refractivity contribution in [2.45, 2.75) is 0 Å². The monoisotopic (exact) mass is 244 g/mol. The van der Waals surface area contributed by atoms with Crippen LogP contribution in [-0.2, 0) is 0 Å². The minimum Gasteiger partial charge on any atom is -1.00 e. The van der Waals surface area contributed by atoms with E-state index in [9.17, 15) is 0 Å². The molecule has 0 aliphatic heterocycles. The summed E-state index contributed by atoms with van der Waals surface area (Å²) in [6.07, 6.45) is 0. The molecule has 5 heteroatoms. The number of hydrogen-bond acceptors (Lipinski definition) is 0. The van der Waals surface area contributed by atoms with Crippen molar-refractivity contribution < 1.29 is 112 Å². The Morgan fingerprint density at radius 1 is 1.20 bits per heavy atom. The first-order valence-electron chi connectivity index (χ1n) is 0. The van der Waals surface area contributed by atoms with Gasteiger partial charge in [0.05, 0.1) is 0 Å². The fraction of sp³-hybridized carbons (Fsp3) is 0. The molecule has 0 aliphatic rings. The molecule has 0 fully saturated rings. The van der Waals surface area contributed by atoms with Crippen molar-refractivity contribution >= 4 is 12.4 Å². The summed E-state index contributed by atoms with van der Waals surface area (Å²) >= 11 is 0. The van der Waals surface area contributed by atoms with E-state index in [2.05, 4.69) is 0 Å². The zero-order chi connectivity index (χ0) is 0. The van der Waals surface area contributed by atoms with E-state index < -0.39 is 0 Å².